The van der Waals surface area contributed by atoms with Crippen LogP contribution in [0, 0.1) is 5.92 Å². The average molecular weight is 255 g/mol. The van der Waals surface area contributed by atoms with Crippen LogP contribution in [0.3, 0.4) is 0 Å². The number of rotatable bonds is 8. The third-order valence-electron chi connectivity index (χ3n) is 4.12. The molecule has 2 atom stereocenters. The molecule has 3 heteroatoms. The predicted molar refractivity (Wildman–Crippen MR) is 80.1 cm³/mol. The average Bonchev–Trinajstić information content (AvgIpc) is 2.35. The monoisotopic (exact) mass is 255 g/mol. The van der Waals surface area contributed by atoms with Gasteiger partial charge in [0.25, 0.3) is 0 Å². The number of nitrogens with one attached hydrogen (secondary N) is 1. The first kappa shape index (κ1) is 15.9. The lowest BCUT2D eigenvalue weighted by Gasteiger charge is -2.31. The molecule has 0 amide bonds. The summed E-state index contributed by atoms with van der Waals surface area (Å²) in [6, 6.07) is 0.675. The molecule has 0 radical (unpaired) electrons. The number of likely N-dealkylation sites (N-methyl/N-ethyl adjacent to an activating group) is 2. The van der Waals surface area contributed by atoms with Crippen molar-refractivity contribution in [3.63, 3.8) is 0 Å². The highest BCUT2D eigenvalue weighted by molar-refractivity contribution is 4.72. The second-order valence-electron chi connectivity index (χ2n) is 6.09. The molecule has 1 aliphatic rings. The van der Waals surface area contributed by atoms with Crippen LogP contribution in [0.5, 0.6) is 0 Å². The predicted octanol–water partition coefficient (Wildman–Crippen LogP) is 2.04. The second kappa shape index (κ2) is 8.89. The van der Waals surface area contributed by atoms with E-state index in [4.69, 9.17) is 0 Å². The van der Waals surface area contributed by atoms with Crippen LogP contribution >= 0.6 is 0 Å². The highest BCUT2D eigenvalue weighted by Crippen LogP contribution is 2.16. The minimum Gasteiger partial charge on any atom is -0.316 e. The first-order valence-corrected chi connectivity index (χ1v) is 7.73. The Kier molecular flexibility index (Phi) is 7.87. The second-order valence-corrected chi connectivity index (χ2v) is 6.09. The van der Waals surface area contributed by atoms with Crippen molar-refractivity contribution in [1.82, 2.24) is 15.1 Å². The largest absolute Gasteiger partial charge is 0.316 e. The first-order chi connectivity index (χ1) is 8.63. The van der Waals surface area contributed by atoms with E-state index in [0.717, 1.165) is 5.92 Å². The summed E-state index contributed by atoms with van der Waals surface area (Å²) in [6.07, 6.45) is 5.57. The summed E-state index contributed by atoms with van der Waals surface area (Å²) in [6.45, 7) is 10.7. The molecule has 108 valence electrons. The molecule has 0 spiro atoms. The van der Waals surface area contributed by atoms with Gasteiger partial charge in [0.05, 0.1) is 0 Å². The van der Waals surface area contributed by atoms with Crippen molar-refractivity contribution in [2.75, 3.05) is 46.8 Å². The highest BCUT2D eigenvalue weighted by Gasteiger charge is 2.15. The Labute approximate surface area is 114 Å². The van der Waals surface area contributed by atoms with Crippen LogP contribution in [0.4, 0.5) is 0 Å². The maximum absolute atomic E-state index is 3.52. The van der Waals surface area contributed by atoms with Crippen LogP contribution in [-0.4, -0.2) is 62.7 Å². The lowest BCUT2D eigenvalue weighted by atomic mass is 9.94. The van der Waals surface area contributed by atoms with Gasteiger partial charge in [0.15, 0.2) is 0 Å². The summed E-state index contributed by atoms with van der Waals surface area (Å²) in [4.78, 5) is 4.91. The number of hydrogen-bond acceptors (Lipinski definition) is 3. The van der Waals surface area contributed by atoms with Gasteiger partial charge in [-0.3, -0.25) is 4.90 Å². The zero-order valence-corrected chi connectivity index (χ0v) is 12.9. The van der Waals surface area contributed by atoms with Crippen molar-refractivity contribution in [3.05, 3.63) is 0 Å². The van der Waals surface area contributed by atoms with Crippen molar-refractivity contribution in [1.29, 1.82) is 0 Å². The minimum absolute atomic E-state index is 0.675. The summed E-state index contributed by atoms with van der Waals surface area (Å²) in [7, 11) is 4.33. The van der Waals surface area contributed by atoms with Gasteiger partial charge in [0.2, 0.25) is 0 Å². The van der Waals surface area contributed by atoms with Gasteiger partial charge in [-0.05, 0) is 78.8 Å². The Morgan fingerprint density at radius 2 is 2.11 bits per heavy atom. The Morgan fingerprint density at radius 3 is 2.67 bits per heavy atom. The van der Waals surface area contributed by atoms with Gasteiger partial charge < -0.3 is 10.2 Å². The summed E-state index contributed by atoms with van der Waals surface area (Å²) in [5, 5.41) is 3.52. The van der Waals surface area contributed by atoms with Gasteiger partial charge in [-0.2, -0.15) is 0 Å². The summed E-state index contributed by atoms with van der Waals surface area (Å²) >= 11 is 0. The highest BCUT2D eigenvalue weighted by atomic mass is 15.2. The van der Waals surface area contributed by atoms with Crippen molar-refractivity contribution in [3.8, 4) is 0 Å². The molecule has 3 nitrogen and oxygen atoms in total. The number of hydrogen-bond donors (Lipinski definition) is 1. The lowest BCUT2D eigenvalue weighted by molar-refractivity contribution is 0.174. The fourth-order valence-electron chi connectivity index (χ4n) is 3.09. The zero-order valence-electron chi connectivity index (χ0n) is 12.9. The zero-order chi connectivity index (χ0) is 13.4. The molecule has 18 heavy (non-hydrogen) atoms. The van der Waals surface area contributed by atoms with E-state index in [1.54, 1.807) is 0 Å². The molecule has 0 aromatic carbocycles. The van der Waals surface area contributed by atoms with E-state index >= 15 is 0 Å². The van der Waals surface area contributed by atoms with Gasteiger partial charge in [-0.25, -0.2) is 0 Å². The molecule has 0 aromatic rings. The molecule has 0 aliphatic carbocycles. The van der Waals surface area contributed by atoms with E-state index in [-0.39, 0.29) is 0 Å². The molecule has 1 rings (SSSR count). The molecule has 1 saturated heterocycles. The van der Waals surface area contributed by atoms with Crippen molar-refractivity contribution < 1.29 is 0 Å². The Morgan fingerprint density at radius 1 is 1.33 bits per heavy atom. The van der Waals surface area contributed by atoms with Gasteiger partial charge in [-0.15, -0.1) is 0 Å². The maximum Gasteiger partial charge on any atom is 0.0194 e. The molecule has 1 fully saturated rings. The van der Waals surface area contributed by atoms with E-state index in [9.17, 15) is 0 Å². The van der Waals surface area contributed by atoms with Gasteiger partial charge in [0, 0.05) is 12.6 Å². The van der Waals surface area contributed by atoms with Crippen LogP contribution in [0.2, 0.25) is 0 Å². The van der Waals surface area contributed by atoms with E-state index in [0.29, 0.717) is 6.04 Å². The van der Waals surface area contributed by atoms with Gasteiger partial charge in [-0.1, -0.05) is 6.92 Å². The third kappa shape index (κ3) is 6.17. The van der Waals surface area contributed by atoms with E-state index in [1.165, 1.54) is 58.4 Å². The molecular formula is C15H33N3. The maximum atomic E-state index is 3.52. The molecule has 1 aliphatic heterocycles. The smallest absolute Gasteiger partial charge is 0.0194 e. The van der Waals surface area contributed by atoms with E-state index in [2.05, 4.69) is 43.1 Å². The third-order valence-corrected chi connectivity index (χ3v) is 4.12. The number of nitrogens with zero attached hydrogens (tertiary/aromatic N) is 2. The molecular weight excluding hydrogens is 222 g/mol. The summed E-state index contributed by atoms with van der Waals surface area (Å²) < 4.78 is 0. The van der Waals surface area contributed by atoms with Crippen molar-refractivity contribution in [2.45, 2.75) is 45.6 Å². The normalized spacial score (nSPS) is 22.7. The molecule has 0 saturated carbocycles. The molecule has 1 heterocycles. The summed E-state index contributed by atoms with van der Waals surface area (Å²) in [5.41, 5.74) is 0. The Bertz CT molecular complexity index is 200. The van der Waals surface area contributed by atoms with Crippen molar-refractivity contribution in [2.24, 2.45) is 5.92 Å². The van der Waals surface area contributed by atoms with E-state index < -0.39 is 0 Å². The topological polar surface area (TPSA) is 18.5 Å². The summed E-state index contributed by atoms with van der Waals surface area (Å²) in [5.74, 6) is 0.932. The quantitative estimate of drug-likeness (QED) is 0.716. The molecule has 1 N–H and O–H groups in total. The fraction of sp³-hybridized carbons (Fsp3) is 1.00. The first-order valence-electron chi connectivity index (χ1n) is 7.73. The lowest BCUT2D eigenvalue weighted by Crippen LogP contribution is -2.40. The molecule has 2 unspecified atom stereocenters. The van der Waals surface area contributed by atoms with Crippen LogP contribution < -0.4 is 5.32 Å². The van der Waals surface area contributed by atoms with Gasteiger partial charge in [0.1, 0.15) is 0 Å². The van der Waals surface area contributed by atoms with E-state index in [1.807, 2.05) is 0 Å². The standard InChI is InChI=1S/C15H33N3/c1-5-18(14(2)13-17(3)4)11-7-9-15-8-6-10-16-12-15/h14-16H,5-13H2,1-4H3. The minimum atomic E-state index is 0.675. The van der Waals surface area contributed by atoms with Crippen LogP contribution in [-0.2, 0) is 0 Å². The Balaban J connectivity index is 2.17. The van der Waals surface area contributed by atoms with Crippen LogP contribution in [0.15, 0.2) is 0 Å². The Hall–Kier alpha value is -0.120. The molecule has 0 aromatic heterocycles. The fourth-order valence-corrected chi connectivity index (χ4v) is 3.09. The van der Waals surface area contributed by atoms with Crippen molar-refractivity contribution >= 4 is 0 Å². The van der Waals surface area contributed by atoms with Crippen LogP contribution in [0.25, 0.3) is 0 Å². The number of piperidine rings is 1. The molecule has 0 bridgehead atoms. The SMILES string of the molecule is CCN(CCCC1CCCNC1)C(C)CN(C)C. The van der Waals surface area contributed by atoms with Crippen LogP contribution in [0.1, 0.15) is 39.5 Å². The van der Waals surface area contributed by atoms with Gasteiger partial charge >= 0.3 is 0 Å².